The summed E-state index contributed by atoms with van der Waals surface area (Å²) in [6, 6.07) is 0.427. The molecule has 0 spiro atoms. The zero-order valence-corrected chi connectivity index (χ0v) is 8.94. The van der Waals surface area contributed by atoms with Crippen LogP contribution >= 0.6 is 12.2 Å². The molecule has 1 unspecified atom stereocenters. The summed E-state index contributed by atoms with van der Waals surface area (Å²) >= 11 is 5.23. The summed E-state index contributed by atoms with van der Waals surface area (Å²) in [5.41, 5.74) is 0. The average Bonchev–Trinajstić information content (AvgIpc) is 2.48. The molecule has 1 fully saturated rings. The number of nitrogens with zero attached hydrogens (tertiary/aromatic N) is 1. The van der Waals surface area contributed by atoms with Crippen LogP contribution in [0.25, 0.3) is 0 Å². The number of hydrogen-bond donors (Lipinski definition) is 2. The Morgan fingerprint density at radius 1 is 1.62 bits per heavy atom. The molecule has 1 atom stereocenters. The number of hydrogen-bond acceptors (Lipinski definition) is 4. The van der Waals surface area contributed by atoms with Crippen LogP contribution in [0.5, 0.6) is 0 Å². The van der Waals surface area contributed by atoms with E-state index in [1.54, 1.807) is 0 Å². The molecule has 0 saturated carbocycles. The third-order valence-electron chi connectivity index (χ3n) is 2.43. The summed E-state index contributed by atoms with van der Waals surface area (Å²) in [5, 5.41) is 12.1. The topological polar surface area (TPSA) is 35.5 Å². The molecule has 0 amide bonds. The van der Waals surface area contributed by atoms with E-state index < -0.39 is 0 Å². The maximum absolute atomic E-state index is 8.70. The zero-order valence-electron chi connectivity index (χ0n) is 8.12. The van der Waals surface area contributed by atoms with Gasteiger partial charge in [0.25, 0.3) is 0 Å². The van der Waals surface area contributed by atoms with Crippen molar-refractivity contribution in [2.24, 2.45) is 0 Å². The molecule has 1 saturated heterocycles. The van der Waals surface area contributed by atoms with Gasteiger partial charge in [-0.2, -0.15) is 0 Å². The van der Waals surface area contributed by atoms with E-state index in [0.29, 0.717) is 6.04 Å². The van der Waals surface area contributed by atoms with Gasteiger partial charge in [0.1, 0.15) is 0 Å². The highest BCUT2D eigenvalue weighted by Gasteiger charge is 2.19. The molecule has 4 heteroatoms. The van der Waals surface area contributed by atoms with Crippen LogP contribution < -0.4 is 5.32 Å². The molecule has 0 aliphatic carbocycles. The van der Waals surface area contributed by atoms with Crippen molar-refractivity contribution in [3.8, 4) is 0 Å². The Morgan fingerprint density at radius 2 is 2.38 bits per heavy atom. The third-order valence-corrected chi connectivity index (χ3v) is 2.92. The fraction of sp³-hybridized carbons (Fsp3) is 0.889. The van der Waals surface area contributed by atoms with Crippen LogP contribution in [0.3, 0.4) is 0 Å². The lowest BCUT2D eigenvalue weighted by Gasteiger charge is -2.17. The molecule has 1 heterocycles. The Bertz CT molecular complexity index is 175. The number of aliphatic hydroxyl groups is 1. The predicted molar refractivity (Wildman–Crippen MR) is 58.2 cm³/mol. The molecule has 0 aromatic heterocycles. The Morgan fingerprint density at radius 3 is 2.92 bits per heavy atom. The van der Waals surface area contributed by atoms with Gasteiger partial charge in [-0.1, -0.05) is 12.2 Å². The minimum Gasteiger partial charge on any atom is -0.395 e. The van der Waals surface area contributed by atoms with Gasteiger partial charge in [-0.15, -0.1) is 0 Å². The smallest absolute Gasteiger partial charge is 0.0558 e. The van der Waals surface area contributed by atoms with Gasteiger partial charge in [-0.3, -0.25) is 0 Å². The first-order valence-electron chi connectivity index (χ1n) is 4.79. The predicted octanol–water partition coefficient (Wildman–Crippen LogP) is 0.0324. The van der Waals surface area contributed by atoms with Gasteiger partial charge in [0, 0.05) is 24.0 Å². The van der Waals surface area contributed by atoms with Crippen molar-refractivity contribution in [3.05, 3.63) is 0 Å². The van der Waals surface area contributed by atoms with Crippen molar-refractivity contribution in [3.63, 3.8) is 0 Å². The van der Waals surface area contributed by atoms with E-state index in [9.17, 15) is 0 Å². The fourth-order valence-corrected chi connectivity index (χ4v) is 1.86. The minimum atomic E-state index is 0.235. The lowest BCUT2D eigenvalue weighted by atomic mass is 10.1. The van der Waals surface area contributed by atoms with Crippen LogP contribution in [0.1, 0.15) is 12.8 Å². The average molecular weight is 202 g/mol. The van der Waals surface area contributed by atoms with Crippen molar-refractivity contribution in [1.82, 2.24) is 10.2 Å². The summed E-state index contributed by atoms with van der Waals surface area (Å²) in [5.74, 6) is 0. The maximum Gasteiger partial charge on any atom is 0.0558 e. The highest BCUT2D eigenvalue weighted by atomic mass is 32.1. The highest BCUT2D eigenvalue weighted by Crippen LogP contribution is 2.07. The van der Waals surface area contributed by atoms with Crippen molar-refractivity contribution in [2.45, 2.75) is 18.9 Å². The molecule has 0 aromatic carbocycles. The normalized spacial score (nSPS) is 23.0. The Balaban J connectivity index is 2.14. The van der Waals surface area contributed by atoms with Crippen LogP contribution in [0.4, 0.5) is 0 Å². The molecular weight excluding hydrogens is 184 g/mol. The molecule has 1 aliphatic rings. The lowest BCUT2D eigenvalue weighted by Crippen LogP contribution is -2.32. The van der Waals surface area contributed by atoms with Gasteiger partial charge in [0.05, 0.1) is 6.61 Å². The van der Waals surface area contributed by atoms with Gasteiger partial charge in [0.2, 0.25) is 0 Å². The fourth-order valence-electron chi connectivity index (χ4n) is 1.55. The lowest BCUT2D eigenvalue weighted by molar-refractivity contribution is 0.219. The summed E-state index contributed by atoms with van der Waals surface area (Å²) in [4.78, 5) is 3.29. The van der Waals surface area contributed by atoms with Crippen LogP contribution in [0.2, 0.25) is 0 Å². The molecule has 0 bridgehead atoms. The van der Waals surface area contributed by atoms with E-state index in [-0.39, 0.29) is 6.61 Å². The van der Waals surface area contributed by atoms with Gasteiger partial charge < -0.3 is 15.3 Å². The largest absolute Gasteiger partial charge is 0.395 e. The van der Waals surface area contributed by atoms with E-state index in [4.69, 9.17) is 17.3 Å². The molecule has 2 N–H and O–H groups in total. The van der Waals surface area contributed by atoms with E-state index >= 15 is 0 Å². The van der Waals surface area contributed by atoms with Crippen LogP contribution in [-0.4, -0.2) is 54.2 Å². The number of likely N-dealkylation sites (N-methyl/N-ethyl adjacent to an activating group) is 1. The maximum atomic E-state index is 8.70. The summed E-state index contributed by atoms with van der Waals surface area (Å²) in [7, 11) is 2.02. The second-order valence-electron chi connectivity index (χ2n) is 3.54. The molecule has 3 nitrogen and oxygen atoms in total. The summed E-state index contributed by atoms with van der Waals surface area (Å²) in [6.45, 7) is 3.02. The van der Waals surface area contributed by atoms with Crippen LogP contribution in [0.15, 0.2) is 0 Å². The standard InChI is InChI=1S/C9H18N2OS/c1-11(6-7-12)5-3-8-9(13)2-4-10-8/h8,10,12H,2-7H2,1H3. The first-order valence-corrected chi connectivity index (χ1v) is 5.20. The van der Waals surface area contributed by atoms with Crippen molar-refractivity contribution < 1.29 is 5.11 Å². The number of thiocarbonyl (C=S) groups is 1. The molecule has 0 aromatic rings. The van der Waals surface area contributed by atoms with Gasteiger partial charge >= 0.3 is 0 Å². The number of aliphatic hydroxyl groups excluding tert-OH is 1. The zero-order chi connectivity index (χ0) is 9.68. The SMILES string of the molecule is CN(CCO)CCC1NCCC1=S. The van der Waals surface area contributed by atoms with Crippen molar-refractivity contribution in [1.29, 1.82) is 0 Å². The first kappa shape index (κ1) is 11.0. The van der Waals surface area contributed by atoms with Gasteiger partial charge in [-0.05, 0) is 26.4 Å². The van der Waals surface area contributed by atoms with Gasteiger partial charge in [0.15, 0.2) is 0 Å². The minimum absolute atomic E-state index is 0.235. The molecule has 1 aliphatic heterocycles. The van der Waals surface area contributed by atoms with Crippen LogP contribution in [0, 0.1) is 0 Å². The van der Waals surface area contributed by atoms with Crippen molar-refractivity contribution in [2.75, 3.05) is 33.3 Å². The van der Waals surface area contributed by atoms with Crippen LogP contribution in [-0.2, 0) is 0 Å². The monoisotopic (exact) mass is 202 g/mol. The van der Waals surface area contributed by atoms with Gasteiger partial charge in [-0.25, -0.2) is 0 Å². The quantitative estimate of drug-likeness (QED) is 0.617. The molecular formula is C9H18N2OS. The Hall–Kier alpha value is -0.0300. The molecule has 0 radical (unpaired) electrons. The van der Waals surface area contributed by atoms with E-state index in [1.165, 1.54) is 0 Å². The van der Waals surface area contributed by atoms with E-state index in [2.05, 4.69) is 10.2 Å². The Labute approximate surface area is 85.1 Å². The summed E-state index contributed by atoms with van der Waals surface area (Å²) < 4.78 is 0. The summed E-state index contributed by atoms with van der Waals surface area (Å²) in [6.07, 6.45) is 2.11. The number of rotatable bonds is 5. The van der Waals surface area contributed by atoms with Crippen molar-refractivity contribution >= 4 is 17.1 Å². The second-order valence-corrected chi connectivity index (χ2v) is 4.06. The molecule has 76 valence electrons. The highest BCUT2D eigenvalue weighted by molar-refractivity contribution is 7.80. The van der Waals surface area contributed by atoms with E-state index in [1.807, 2.05) is 7.05 Å². The second kappa shape index (κ2) is 5.65. The van der Waals surface area contributed by atoms with E-state index in [0.717, 1.165) is 37.3 Å². The molecule has 13 heavy (non-hydrogen) atoms. The third kappa shape index (κ3) is 3.68. The number of nitrogens with one attached hydrogen (secondary N) is 1. The Kier molecular flexibility index (Phi) is 4.80. The molecule has 1 rings (SSSR count). The first-order chi connectivity index (χ1) is 6.24.